The van der Waals surface area contributed by atoms with Crippen molar-refractivity contribution in [2.24, 2.45) is 5.41 Å². The lowest BCUT2D eigenvalue weighted by Gasteiger charge is -2.28. The third kappa shape index (κ3) is 2.80. The molecule has 1 saturated carbocycles. The van der Waals surface area contributed by atoms with Crippen LogP contribution in [-0.4, -0.2) is 16.5 Å². The molecule has 0 aliphatic heterocycles. The fourth-order valence-electron chi connectivity index (χ4n) is 2.56. The van der Waals surface area contributed by atoms with Gasteiger partial charge in [0.25, 0.3) is 0 Å². The first-order chi connectivity index (χ1) is 8.15. The number of rotatable bonds is 4. The van der Waals surface area contributed by atoms with Crippen molar-refractivity contribution >= 4 is 23.4 Å². The lowest BCUT2D eigenvalue weighted by Crippen LogP contribution is -2.26. The summed E-state index contributed by atoms with van der Waals surface area (Å²) in [7, 11) is 0. The van der Waals surface area contributed by atoms with Crippen molar-refractivity contribution in [2.75, 3.05) is 17.6 Å². The molecule has 0 amide bonds. The zero-order valence-electron chi connectivity index (χ0n) is 10.2. The van der Waals surface area contributed by atoms with Crippen LogP contribution in [0.3, 0.4) is 0 Å². The number of nitrogens with two attached hydrogens (primary N) is 1. The summed E-state index contributed by atoms with van der Waals surface area (Å²) in [5.41, 5.74) is 5.96. The summed E-state index contributed by atoms with van der Waals surface area (Å²) < 4.78 is 0. The van der Waals surface area contributed by atoms with Gasteiger partial charge in [0.1, 0.15) is 10.8 Å². The topological polar surface area (TPSA) is 63.8 Å². The fraction of sp³-hybridized carbons (Fsp3) is 0.667. The van der Waals surface area contributed by atoms with Gasteiger partial charge in [-0.05, 0) is 24.7 Å². The van der Waals surface area contributed by atoms with Gasteiger partial charge in [-0.15, -0.1) is 0 Å². The normalized spacial score (nSPS) is 18.2. The maximum atomic E-state index is 6.03. The van der Waals surface area contributed by atoms with Crippen molar-refractivity contribution < 1.29 is 0 Å². The van der Waals surface area contributed by atoms with Gasteiger partial charge in [-0.2, -0.15) is 4.98 Å². The van der Waals surface area contributed by atoms with Crippen LogP contribution in [-0.2, 0) is 0 Å². The second kappa shape index (κ2) is 5.08. The lowest BCUT2D eigenvalue weighted by molar-refractivity contribution is 0.306. The van der Waals surface area contributed by atoms with Crippen LogP contribution < -0.4 is 11.1 Å². The Labute approximate surface area is 107 Å². The van der Waals surface area contributed by atoms with Crippen LogP contribution in [0, 0.1) is 5.41 Å². The van der Waals surface area contributed by atoms with E-state index in [2.05, 4.69) is 22.2 Å². The summed E-state index contributed by atoms with van der Waals surface area (Å²) in [4.78, 5) is 7.97. The third-order valence-electron chi connectivity index (χ3n) is 3.81. The Morgan fingerprint density at radius 2 is 2.18 bits per heavy atom. The first-order valence-electron chi connectivity index (χ1n) is 6.17. The van der Waals surface area contributed by atoms with Crippen LogP contribution in [0.1, 0.15) is 39.0 Å². The number of nitrogens with zero attached hydrogens (tertiary/aromatic N) is 2. The second-order valence-electron chi connectivity index (χ2n) is 4.84. The van der Waals surface area contributed by atoms with Gasteiger partial charge in [0, 0.05) is 6.54 Å². The van der Waals surface area contributed by atoms with Crippen LogP contribution in [0.4, 0.5) is 11.8 Å². The SMILES string of the molecule is CCC1(CNc2nc(N)ncc2Cl)CCCC1. The van der Waals surface area contributed by atoms with Crippen LogP contribution in [0.2, 0.25) is 5.02 Å². The van der Waals surface area contributed by atoms with Crippen LogP contribution in [0.25, 0.3) is 0 Å². The first-order valence-corrected chi connectivity index (χ1v) is 6.55. The van der Waals surface area contributed by atoms with E-state index in [1.807, 2.05) is 0 Å². The van der Waals surface area contributed by atoms with Crippen LogP contribution >= 0.6 is 11.6 Å². The van der Waals surface area contributed by atoms with Crippen molar-refractivity contribution in [1.82, 2.24) is 9.97 Å². The third-order valence-corrected chi connectivity index (χ3v) is 4.08. The van der Waals surface area contributed by atoms with Crippen molar-refractivity contribution in [3.63, 3.8) is 0 Å². The quantitative estimate of drug-likeness (QED) is 0.867. The average molecular weight is 255 g/mol. The molecule has 0 spiro atoms. The number of halogens is 1. The molecule has 1 heterocycles. The van der Waals surface area contributed by atoms with E-state index >= 15 is 0 Å². The first kappa shape index (κ1) is 12.4. The van der Waals surface area contributed by atoms with Crippen LogP contribution in [0.15, 0.2) is 6.20 Å². The predicted octanol–water partition coefficient (Wildman–Crippen LogP) is 3.09. The van der Waals surface area contributed by atoms with Crippen LogP contribution in [0.5, 0.6) is 0 Å². The highest BCUT2D eigenvalue weighted by atomic mass is 35.5. The van der Waals surface area contributed by atoms with Gasteiger partial charge in [-0.1, -0.05) is 31.4 Å². The molecule has 0 unspecified atom stereocenters. The van der Waals surface area contributed by atoms with Gasteiger partial charge in [-0.25, -0.2) is 4.98 Å². The zero-order valence-corrected chi connectivity index (χ0v) is 10.9. The standard InChI is InChI=1S/C12H19ClN4/c1-2-12(5-3-4-6-12)8-16-10-9(13)7-15-11(14)17-10/h7H,2-6,8H2,1H3,(H3,14,15,16,17). The lowest BCUT2D eigenvalue weighted by atomic mass is 9.83. The Balaban J connectivity index is 2.03. The number of hydrogen-bond acceptors (Lipinski definition) is 4. The Morgan fingerprint density at radius 3 is 2.82 bits per heavy atom. The minimum atomic E-state index is 0.258. The van der Waals surface area contributed by atoms with E-state index in [9.17, 15) is 0 Å². The summed E-state index contributed by atoms with van der Waals surface area (Å²) in [6, 6.07) is 0. The van der Waals surface area contributed by atoms with E-state index in [0.29, 0.717) is 16.3 Å². The molecule has 1 aliphatic carbocycles. The van der Waals surface area contributed by atoms with Gasteiger partial charge in [0.2, 0.25) is 5.95 Å². The molecule has 0 aromatic carbocycles. The summed E-state index contributed by atoms with van der Waals surface area (Å²) in [6.07, 6.45) is 7.96. The van der Waals surface area contributed by atoms with Crippen molar-refractivity contribution in [1.29, 1.82) is 0 Å². The van der Waals surface area contributed by atoms with E-state index in [0.717, 1.165) is 6.54 Å². The molecule has 0 saturated heterocycles. The molecule has 1 aromatic heterocycles. The molecular weight excluding hydrogens is 236 g/mol. The zero-order chi connectivity index (χ0) is 12.3. The van der Waals surface area contributed by atoms with E-state index in [1.165, 1.54) is 32.1 Å². The average Bonchev–Trinajstić information content (AvgIpc) is 2.80. The Kier molecular flexibility index (Phi) is 3.72. The molecule has 1 fully saturated rings. The van der Waals surface area contributed by atoms with Crippen molar-refractivity contribution in [3.8, 4) is 0 Å². The minimum Gasteiger partial charge on any atom is -0.368 e. The maximum absolute atomic E-state index is 6.03. The molecule has 0 atom stereocenters. The summed E-state index contributed by atoms with van der Waals surface area (Å²) >= 11 is 6.03. The number of anilines is 2. The van der Waals surface area contributed by atoms with E-state index in [-0.39, 0.29) is 5.95 Å². The largest absolute Gasteiger partial charge is 0.368 e. The number of nitrogens with one attached hydrogen (secondary N) is 1. The highest BCUT2D eigenvalue weighted by Gasteiger charge is 2.31. The second-order valence-corrected chi connectivity index (χ2v) is 5.25. The molecule has 1 aliphatic rings. The van der Waals surface area contributed by atoms with Gasteiger partial charge < -0.3 is 11.1 Å². The summed E-state index contributed by atoms with van der Waals surface area (Å²) in [5.74, 6) is 0.910. The summed E-state index contributed by atoms with van der Waals surface area (Å²) in [5, 5.41) is 3.86. The van der Waals surface area contributed by atoms with Crippen molar-refractivity contribution in [3.05, 3.63) is 11.2 Å². The Bertz CT molecular complexity index is 388. The van der Waals surface area contributed by atoms with Gasteiger partial charge in [0.15, 0.2) is 0 Å². The molecule has 2 rings (SSSR count). The Hall–Kier alpha value is -1.03. The molecule has 94 valence electrons. The molecule has 1 aromatic rings. The highest BCUT2D eigenvalue weighted by molar-refractivity contribution is 6.32. The fourth-order valence-corrected chi connectivity index (χ4v) is 2.71. The maximum Gasteiger partial charge on any atom is 0.222 e. The molecule has 17 heavy (non-hydrogen) atoms. The molecular formula is C12H19ClN4. The molecule has 0 bridgehead atoms. The molecule has 0 radical (unpaired) electrons. The van der Waals surface area contributed by atoms with Gasteiger partial charge in [0.05, 0.1) is 6.20 Å². The molecule has 3 N–H and O–H groups in total. The Morgan fingerprint density at radius 1 is 1.47 bits per heavy atom. The van der Waals surface area contributed by atoms with E-state index in [1.54, 1.807) is 6.20 Å². The smallest absolute Gasteiger partial charge is 0.222 e. The van der Waals surface area contributed by atoms with Gasteiger partial charge in [-0.3, -0.25) is 0 Å². The molecule has 5 heteroatoms. The minimum absolute atomic E-state index is 0.258. The predicted molar refractivity (Wildman–Crippen MR) is 71.1 cm³/mol. The van der Waals surface area contributed by atoms with Gasteiger partial charge >= 0.3 is 0 Å². The van der Waals surface area contributed by atoms with Crippen molar-refractivity contribution in [2.45, 2.75) is 39.0 Å². The number of hydrogen-bond donors (Lipinski definition) is 2. The van der Waals surface area contributed by atoms with E-state index < -0.39 is 0 Å². The monoisotopic (exact) mass is 254 g/mol. The summed E-state index contributed by atoms with van der Waals surface area (Å²) in [6.45, 7) is 3.17. The number of aromatic nitrogens is 2. The molecule has 4 nitrogen and oxygen atoms in total. The van der Waals surface area contributed by atoms with E-state index in [4.69, 9.17) is 17.3 Å². The highest BCUT2D eigenvalue weighted by Crippen LogP contribution is 2.41. The number of nitrogen functional groups attached to an aromatic ring is 1.